The zero-order valence-electron chi connectivity index (χ0n) is 16.5. The molecule has 2 atom stereocenters. The van der Waals surface area contributed by atoms with E-state index >= 15 is 0 Å². The Hall–Kier alpha value is -2.71. The van der Waals surface area contributed by atoms with Gasteiger partial charge in [-0.1, -0.05) is 18.6 Å². The summed E-state index contributed by atoms with van der Waals surface area (Å²) in [6.07, 6.45) is 6.08. The molecule has 0 bridgehead atoms. The highest BCUT2D eigenvalue weighted by molar-refractivity contribution is 5.93. The van der Waals surface area contributed by atoms with E-state index in [1.807, 2.05) is 42.1 Å². The number of hydrogen-bond acceptors (Lipinski definition) is 5. The number of rotatable bonds is 6. The third kappa shape index (κ3) is 4.04. The van der Waals surface area contributed by atoms with Crippen LogP contribution >= 0.6 is 0 Å². The molecule has 1 aliphatic heterocycles. The van der Waals surface area contributed by atoms with Crippen LogP contribution < -0.4 is 5.32 Å². The number of aryl methyl sites for hydroxylation is 1. The first-order valence-electron chi connectivity index (χ1n) is 9.95. The Kier molecular flexibility index (Phi) is 5.64. The van der Waals surface area contributed by atoms with Gasteiger partial charge in [0.1, 0.15) is 18.5 Å². The predicted octanol–water partition coefficient (Wildman–Crippen LogP) is 1.62. The van der Waals surface area contributed by atoms with Crippen molar-refractivity contribution in [3.05, 3.63) is 48.0 Å². The van der Waals surface area contributed by atoms with Crippen LogP contribution in [0.25, 0.3) is 0 Å². The number of benzene rings is 1. The first-order valence-corrected chi connectivity index (χ1v) is 9.95. The SMILES string of the molecule is Cn1ccnc1CN1C(=O)COC(c2ccc(NC(=O)C3CCC3)cc2)C1CO. The van der Waals surface area contributed by atoms with Crippen LogP contribution in [0.15, 0.2) is 36.7 Å². The standard InChI is InChI=1S/C21H26N4O4/c1-24-10-9-22-18(24)11-25-17(12-26)20(29-13-19(25)27)14-5-7-16(8-6-14)23-21(28)15-3-2-4-15/h5-10,15,17,20,26H,2-4,11-13H2,1H3,(H,23,28). The zero-order chi connectivity index (χ0) is 20.4. The van der Waals surface area contributed by atoms with Gasteiger partial charge >= 0.3 is 0 Å². The van der Waals surface area contributed by atoms with Gasteiger partial charge in [0.15, 0.2) is 0 Å². The van der Waals surface area contributed by atoms with Gasteiger partial charge in [-0.3, -0.25) is 9.59 Å². The number of nitrogens with zero attached hydrogens (tertiary/aromatic N) is 3. The van der Waals surface area contributed by atoms with Crippen molar-refractivity contribution in [3.8, 4) is 0 Å². The summed E-state index contributed by atoms with van der Waals surface area (Å²) in [5.41, 5.74) is 1.59. The van der Waals surface area contributed by atoms with Crippen LogP contribution in [0.3, 0.4) is 0 Å². The molecule has 2 N–H and O–H groups in total. The van der Waals surface area contributed by atoms with Gasteiger partial charge in [-0.25, -0.2) is 4.98 Å². The number of aliphatic hydroxyl groups excluding tert-OH is 1. The van der Waals surface area contributed by atoms with E-state index in [9.17, 15) is 14.7 Å². The highest BCUT2D eigenvalue weighted by Gasteiger charge is 2.37. The number of morpholine rings is 1. The lowest BCUT2D eigenvalue weighted by atomic mass is 9.85. The number of aromatic nitrogens is 2. The second-order valence-corrected chi connectivity index (χ2v) is 7.70. The average molecular weight is 398 g/mol. The van der Waals surface area contributed by atoms with Crippen molar-refractivity contribution in [3.63, 3.8) is 0 Å². The number of ether oxygens (including phenoxy) is 1. The maximum atomic E-state index is 12.5. The second kappa shape index (κ2) is 8.34. The lowest BCUT2D eigenvalue weighted by molar-refractivity contribution is -0.162. The number of nitrogens with one attached hydrogen (secondary N) is 1. The molecule has 2 aromatic rings. The molecule has 154 valence electrons. The molecular formula is C21H26N4O4. The molecule has 2 heterocycles. The molecule has 1 aromatic carbocycles. The lowest BCUT2D eigenvalue weighted by Gasteiger charge is -2.40. The van der Waals surface area contributed by atoms with Crippen LogP contribution in [-0.2, 0) is 27.9 Å². The van der Waals surface area contributed by atoms with Gasteiger partial charge in [-0.05, 0) is 30.5 Å². The number of imidazole rings is 1. The summed E-state index contributed by atoms with van der Waals surface area (Å²) >= 11 is 0. The molecule has 2 amide bonds. The Labute approximate surface area is 169 Å². The third-order valence-corrected chi connectivity index (χ3v) is 5.86. The van der Waals surface area contributed by atoms with Crippen LogP contribution in [0.1, 0.15) is 36.8 Å². The molecule has 29 heavy (non-hydrogen) atoms. The van der Waals surface area contributed by atoms with E-state index in [0.29, 0.717) is 6.54 Å². The van der Waals surface area contributed by atoms with E-state index in [-0.39, 0.29) is 30.9 Å². The van der Waals surface area contributed by atoms with Crippen LogP contribution in [0.2, 0.25) is 0 Å². The molecule has 1 aliphatic carbocycles. The fourth-order valence-corrected chi connectivity index (χ4v) is 3.79. The van der Waals surface area contributed by atoms with Crippen molar-refractivity contribution in [2.24, 2.45) is 13.0 Å². The average Bonchev–Trinajstić information content (AvgIpc) is 3.07. The van der Waals surface area contributed by atoms with Crippen molar-refractivity contribution in [2.75, 3.05) is 18.5 Å². The monoisotopic (exact) mass is 398 g/mol. The third-order valence-electron chi connectivity index (χ3n) is 5.86. The maximum absolute atomic E-state index is 12.5. The summed E-state index contributed by atoms with van der Waals surface area (Å²) in [5, 5.41) is 13.0. The molecule has 2 fully saturated rings. The summed E-state index contributed by atoms with van der Waals surface area (Å²) in [6.45, 7) is 0.0374. The normalized spacial score (nSPS) is 22.4. The minimum Gasteiger partial charge on any atom is -0.394 e. The van der Waals surface area contributed by atoms with E-state index in [4.69, 9.17) is 4.74 Å². The Morgan fingerprint density at radius 2 is 2.07 bits per heavy atom. The first kappa shape index (κ1) is 19.6. The zero-order valence-corrected chi connectivity index (χ0v) is 16.5. The summed E-state index contributed by atoms with van der Waals surface area (Å²) in [7, 11) is 1.87. The summed E-state index contributed by atoms with van der Waals surface area (Å²) in [6, 6.07) is 6.91. The van der Waals surface area contributed by atoms with Crippen LogP contribution in [0, 0.1) is 5.92 Å². The highest BCUT2D eigenvalue weighted by atomic mass is 16.5. The molecule has 1 aromatic heterocycles. The maximum Gasteiger partial charge on any atom is 0.249 e. The van der Waals surface area contributed by atoms with Gasteiger partial charge in [-0.2, -0.15) is 0 Å². The van der Waals surface area contributed by atoms with Crippen LogP contribution in [0.4, 0.5) is 5.69 Å². The molecule has 2 unspecified atom stereocenters. The van der Waals surface area contributed by atoms with Crippen molar-refractivity contribution >= 4 is 17.5 Å². The van der Waals surface area contributed by atoms with E-state index < -0.39 is 12.1 Å². The van der Waals surface area contributed by atoms with Gasteiger partial charge in [0.2, 0.25) is 11.8 Å². The number of anilines is 1. The van der Waals surface area contributed by atoms with Gasteiger partial charge in [0.25, 0.3) is 0 Å². The summed E-state index contributed by atoms with van der Waals surface area (Å²) in [5.74, 6) is 0.762. The van der Waals surface area contributed by atoms with Gasteiger partial charge in [0, 0.05) is 31.0 Å². The molecule has 0 spiro atoms. The number of amides is 2. The molecule has 1 saturated heterocycles. The smallest absolute Gasteiger partial charge is 0.249 e. The van der Waals surface area contributed by atoms with Crippen molar-refractivity contribution < 1.29 is 19.4 Å². The summed E-state index contributed by atoms with van der Waals surface area (Å²) < 4.78 is 7.63. The lowest BCUT2D eigenvalue weighted by Crippen LogP contribution is -2.52. The van der Waals surface area contributed by atoms with Crippen LogP contribution in [-0.4, -0.2) is 50.6 Å². The molecule has 2 aliphatic rings. The molecule has 1 saturated carbocycles. The van der Waals surface area contributed by atoms with E-state index in [1.54, 1.807) is 11.1 Å². The molecular weight excluding hydrogens is 372 g/mol. The molecule has 4 rings (SSSR count). The Morgan fingerprint density at radius 1 is 1.31 bits per heavy atom. The van der Waals surface area contributed by atoms with Gasteiger partial charge in [-0.15, -0.1) is 0 Å². The van der Waals surface area contributed by atoms with Crippen LogP contribution in [0.5, 0.6) is 0 Å². The van der Waals surface area contributed by atoms with Crippen molar-refractivity contribution in [1.82, 2.24) is 14.5 Å². The fraction of sp³-hybridized carbons (Fsp3) is 0.476. The second-order valence-electron chi connectivity index (χ2n) is 7.70. The van der Waals surface area contributed by atoms with Crippen molar-refractivity contribution in [1.29, 1.82) is 0 Å². The topological polar surface area (TPSA) is 96.7 Å². The first-order chi connectivity index (χ1) is 14.1. The van der Waals surface area contributed by atoms with Gasteiger partial charge < -0.3 is 24.6 Å². The predicted molar refractivity (Wildman–Crippen MR) is 106 cm³/mol. The number of carbonyl (C=O) groups excluding carboxylic acids is 2. The molecule has 0 radical (unpaired) electrons. The molecule has 8 nitrogen and oxygen atoms in total. The minimum atomic E-state index is -0.511. The number of aliphatic hydroxyl groups is 1. The highest BCUT2D eigenvalue weighted by Crippen LogP contribution is 2.31. The Bertz CT molecular complexity index is 875. The van der Waals surface area contributed by atoms with Crippen molar-refractivity contribution in [2.45, 2.75) is 38.0 Å². The number of carbonyl (C=O) groups is 2. The van der Waals surface area contributed by atoms with E-state index in [0.717, 1.165) is 36.3 Å². The number of hydrogen-bond donors (Lipinski definition) is 2. The van der Waals surface area contributed by atoms with Gasteiger partial charge in [0.05, 0.1) is 19.2 Å². The Morgan fingerprint density at radius 3 is 2.66 bits per heavy atom. The van der Waals surface area contributed by atoms with E-state index in [1.165, 1.54) is 0 Å². The molecule has 8 heteroatoms. The minimum absolute atomic E-state index is 0.0498. The fourth-order valence-electron chi connectivity index (χ4n) is 3.79. The largest absolute Gasteiger partial charge is 0.394 e. The quantitative estimate of drug-likeness (QED) is 0.771. The Balaban J connectivity index is 1.48. The summed E-state index contributed by atoms with van der Waals surface area (Å²) in [4.78, 5) is 30.5. The van der Waals surface area contributed by atoms with E-state index in [2.05, 4.69) is 10.3 Å².